The molecule has 23 heavy (non-hydrogen) atoms. The number of esters is 1. The Balaban J connectivity index is 1.91. The van der Waals surface area contributed by atoms with Gasteiger partial charge < -0.3 is 15.4 Å². The zero-order valence-electron chi connectivity index (χ0n) is 11.9. The summed E-state index contributed by atoms with van der Waals surface area (Å²) in [5.41, 5.74) is 3.12. The summed E-state index contributed by atoms with van der Waals surface area (Å²) in [6.45, 7) is 0.903. The molecule has 7 heteroatoms. The smallest absolute Gasteiger partial charge is 0.337 e. The molecule has 1 unspecified atom stereocenters. The fourth-order valence-corrected chi connectivity index (χ4v) is 3.67. The van der Waals surface area contributed by atoms with Crippen LogP contribution in [0.25, 0.3) is 0 Å². The van der Waals surface area contributed by atoms with E-state index < -0.39 is 17.7 Å². The molecule has 0 radical (unpaired) electrons. The molecule has 0 amide bonds. The molecule has 0 bridgehead atoms. The van der Waals surface area contributed by atoms with Crippen LogP contribution in [0.1, 0.15) is 11.5 Å². The van der Waals surface area contributed by atoms with Gasteiger partial charge in [-0.05, 0) is 33.6 Å². The van der Waals surface area contributed by atoms with E-state index in [2.05, 4.69) is 26.6 Å². The summed E-state index contributed by atoms with van der Waals surface area (Å²) in [6, 6.07) is 4.54. The van der Waals surface area contributed by atoms with Crippen LogP contribution in [0, 0.1) is 5.82 Å². The monoisotopic (exact) mass is 378 g/mol. The van der Waals surface area contributed by atoms with E-state index in [9.17, 15) is 14.0 Å². The maximum atomic E-state index is 13.6. The molecular formula is C16H12BrFN2O3. The average Bonchev–Trinajstić information content (AvgIpc) is 2.90. The maximum absolute atomic E-state index is 13.6. The first-order valence-corrected chi connectivity index (χ1v) is 7.94. The standard InChI is InChI=1S/C16H12BrFN2O3/c17-8-3-7(1-2-9(8)18)13-14-10(4-19-5-12(14)21)20-11-6-23-16(22)15(11)13/h1-3,13,19-20H,4-6H2. The number of hydrogen-bond donors (Lipinski definition) is 2. The summed E-state index contributed by atoms with van der Waals surface area (Å²) in [4.78, 5) is 24.6. The molecule has 3 aliphatic heterocycles. The van der Waals surface area contributed by atoms with E-state index in [1.165, 1.54) is 6.07 Å². The summed E-state index contributed by atoms with van der Waals surface area (Å²) in [7, 11) is 0. The molecular weight excluding hydrogens is 367 g/mol. The van der Waals surface area contributed by atoms with Crippen molar-refractivity contribution in [3.05, 3.63) is 56.6 Å². The number of nitrogens with one attached hydrogen (secondary N) is 2. The minimum Gasteiger partial charge on any atom is -0.456 e. The van der Waals surface area contributed by atoms with Crippen molar-refractivity contribution in [1.82, 2.24) is 10.6 Å². The largest absolute Gasteiger partial charge is 0.456 e. The minimum atomic E-state index is -0.525. The van der Waals surface area contributed by atoms with Crippen LogP contribution in [-0.2, 0) is 14.3 Å². The third-order valence-corrected chi connectivity index (χ3v) is 4.87. The number of cyclic esters (lactones) is 1. The first kappa shape index (κ1) is 14.6. The normalized spacial score (nSPS) is 23.5. The second-order valence-electron chi connectivity index (χ2n) is 5.62. The highest BCUT2D eigenvalue weighted by Crippen LogP contribution is 2.42. The number of carbonyl (C=O) groups is 2. The van der Waals surface area contributed by atoms with Gasteiger partial charge in [0.25, 0.3) is 0 Å². The van der Waals surface area contributed by atoms with Gasteiger partial charge in [-0.25, -0.2) is 9.18 Å². The lowest BCUT2D eigenvalue weighted by Gasteiger charge is -2.32. The van der Waals surface area contributed by atoms with Crippen LogP contribution in [0.15, 0.2) is 45.2 Å². The summed E-state index contributed by atoms with van der Waals surface area (Å²) in [5.74, 6) is -1.43. The molecule has 1 atom stereocenters. The van der Waals surface area contributed by atoms with Crippen LogP contribution in [0.2, 0.25) is 0 Å². The number of benzene rings is 1. The van der Waals surface area contributed by atoms with Crippen molar-refractivity contribution in [2.75, 3.05) is 19.7 Å². The molecule has 1 aromatic carbocycles. The molecule has 0 saturated heterocycles. The maximum Gasteiger partial charge on any atom is 0.337 e. The topological polar surface area (TPSA) is 67.4 Å². The number of rotatable bonds is 1. The zero-order valence-corrected chi connectivity index (χ0v) is 13.5. The highest BCUT2D eigenvalue weighted by Gasteiger charge is 2.42. The molecule has 0 aromatic heterocycles. The van der Waals surface area contributed by atoms with Crippen LogP contribution in [0.5, 0.6) is 0 Å². The first-order valence-electron chi connectivity index (χ1n) is 7.15. The third kappa shape index (κ3) is 2.22. The molecule has 5 nitrogen and oxygen atoms in total. The van der Waals surface area contributed by atoms with E-state index in [0.717, 1.165) is 5.70 Å². The highest BCUT2D eigenvalue weighted by atomic mass is 79.9. The SMILES string of the molecule is O=C1CNCC2=C1C(c1ccc(F)c(Br)c1)C1=C(COC1=O)N2. The Morgan fingerprint density at radius 3 is 2.78 bits per heavy atom. The molecule has 0 spiro atoms. The molecule has 3 heterocycles. The summed E-state index contributed by atoms with van der Waals surface area (Å²) in [6.07, 6.45) is 0. The number of Topliss-reactive ketones (excluding diaryl/α,β-unsaturated/α-hetero) is 1. The van der Waals surface area contributed by atoms with E-state index >= 15 is 0 Å². The summed E-state index contributed by atoms with van der Waals surface area (Å²) in [5, 5.41) is 6.18. The second kappa shape index (κ2) is 5.28. The lowest BCUT2D eigenvalue weighted by Crippen LogP contribution is -2.42. The Hall–Kier alpha value is -1.99. The van der Waals surface area contributed by atoms with Gasteiger partial charge in [-0.1, -0.05) is 6.07 Å². The number of halogens is 2. The first-order chi connectivity index (χ1) is 11.1. The molecule has 0 aliphatic carbocycles. The number of carbonyl (C=O) groups excluding carboxylic acids is 2. The molecule has 2 N–H and O–H groups in total. The van der Waals surface area contributed by atoms with Crippen molar-refractivity contribution in [3.63, 3.8) is 0 Å². The molecule has 0 saturated carbocycles. The van der Waals surface area contributed by atoms with Crippen molar-refractivity contribution in [3.8, 4) is 0 Å². The lowest BCUT2D eigenvalue weighted by atomic mass is 9.78. The third-order valence-electron chi connectivity index (χ3n) is 4.26. The number of ketones is 1. The van der Waals surface area contributed by atoms with Gasteiger partial charge in [0.1, 0.15) is 12.4 Å². The number of ether oxygens (including phenoxy) is 1. The predicted octanol–water partition coefficient (Wildman–Crippen LogP) is 1.51. The summed E-state index contributed by atoms with van der Waals surface area (Å²) < 4.78 is 19.0. The van der Waals surface area contributed by atoms with Crippen LogP contribution >= 0.6 is 15.9 Å². The van der Waals surface area contributed by atoms with Crippen molar-refractivity contribution in [1.29, 1.82) is 0 Å². The van der Waals surface area contributed by atoms with Gasteiger partial charge in [0.05, 0.1) is 22.3 Å². The van der Waals surface area contributed by atoms with Gasteiger partial charge in [0.2, 0.25) is 0 Å². The Morgan fingerprint density at radius 1 is 1.17 bits per heavy atom. The van der Waals surface area contributed by atoms with Crippen molar-refractivity contribution < 1.29 is 18.7 Å². The number of hydrogen-bond acceptors (Lipinski definition) is 5. The second-order valence-corrected chi connectivity index (χ2v) is 6.47. The van der Waals surface area contributed by atoms with E-state index in [4.69, 9.17) is 4.74 Å². The molecule has 3 aliphatic rings. The fourth-order valence-electron chi connectivity index (χ4n) is 3.27. The zero-order chi connectivity index (χ0) is 16.1. The van der Waals surface area contributed by atoms with Crippen molar-refractivity contribution in [2.45, 2.75) is 5.92 Å². The van der Waals surface area contributed by atoms with Gasteiger partial charge in [-0.2, -0.15) is 0 Å². The number of dihydropyridines is 1. The van der Waals surface area contributed by atoms with E-state index in [-0.39, 0.29) is 18.9 Å². The van der Waals surface area contributed by atoms with Gasteiger partial charge in [0, 0.05) is 23.7 Å². The molecule has 1 aromatic rings. The van der Waals surface area contributed by atoms with Crippen LogP contribution < -0.4 is 10.6 Å². The average molecular weight is 379 g/mol. The molecule has 118 valence electrons. The van der Waals surface area contributed by atoms with Crippen molar-refractivity contribution in [2.24, 2.45) is 0 Å². The molecule has 0 fully saturated rings. The van der Waals surface area contributed by atoms with E-state index in [0.29, 0.717) is 33.4 Å². The van der Waals surface area contributed by atoms with Gasteiger partial charge in [-0.15, -0.1) is 0 Å². The van der Waals surface area contributed by atoms with Crippen LogP contribution in [-0.4, -0.2) is 31.4 Å². The van der Waals surface area contributed by atoms with Gasteiger partial charge >= 0.3 is 5.97 Å². The highest BCUT2D eigenvalue weighted by molar-refractivity contribution is 9.10. The summed E-state index contributed by atoms with van der Waals surface area (Å²) >= 11 is 3.17. The quantitative estimate of drug-likeness (QED) is 0.725. The fraction of sp³-hybridized carbons (Fsp3) is 0.250. The Labute approximate surface area is 139 Å². The van der Waals surface area contributed by atoms with Crippen molar-refractivity contribution >= 4 is 27.7 Å². The Bertz CT molecular complexity index is 816. The Kier molecular flexibility index (Phi) is 3.35. The predicted molar refractivity (Wildman–Crippen MR) is 82.9 cm³/mol. The van der Waals surface area contributed by atoms with Crippen LogP contribution in [0.3, 0.4) is 0 Å². The van der Waals surface area contributed by atoms with Gasteiger partial charge in [0.15, 0.2) is 5.78 Å². The lowest BCUT2D eigenvalue weighted by molar-refractivity contribution is -0.136. The van der Waals surface area contributed by atoms with Crippen LogP contribution in [0.4, 0.5) is 4.39 Å². The Morgan fingerprint density at radius 2 is 2.00 bits per heavy atom. The minimum absolute atomic E-state index is 0.0737. The molecule has 4 rings (SSSR count). The van der Waals surface area contributed by atoms with Gasteiger partial charge in [-0.3, -0.25) is 4.79 Å². The van der Waals surface area contributed by atoms with E-state index in [1.54, 1.807) is 12.1 Å². The van der Waals surface area contributed by atoms with E-state index in [1.807, 2.05) is 0 Å².